The highest BCUT2D eigenvalue weighted by molar-refractivity contribution is 14.1. The van der Waals surface area contributed by atoms with Crippen molar-refractivity contribution >= 4 is 51.4 Å². The number of halogens is 1. The van der Waals surface area contributed by atoms with Crippen molar-refractivity contribution in [1.29, 1.82) is 0 Å². The summed E-state index contributed by atoms with van der Waals surface area (Å²) in [7, 11) is 0. The van der Waals surface area contributed by atoms with E-state index in [4.69, 9.17) is 0 Å². The molecule has 1 heterocycles. The molecule has 0 unspecified atom stereocenters. The lowest BCUT2D eigenvalue weighted by Gasteiger charge is -2.06. The van der Waals surface area contributed by atoms with Crippen LogP contribution in [-0.4, -0.2) is 18.4 Å². The second kappa shape index (κ2) is 7.39. The van der Waals surface area contributed by atoms with Crippen molar-refractivity contribution in [2.45, 2.75) is 6.42 Å². The van der Waals surface area contributed by atoms with Crippen molar-refractivity contribution in [2.75, 3.05) is 11.9 Å². The number of anilines is 1. The van der Waals surface area contributed by atoms with E-state index in [2.05, 4.69) is 33.2 Å². The van der Waals surface area contributed by atoms with Gasteiger partial charge in [0.2, 0.25) is 5.91 Å². The molecule has 2 amide bonds. The molecule has 1 aromatic heterocycles. The number of carbonyl (C=O) groups excluding carboxylic acids is 2. The molecular weight excluding hydrogens is 387 g/mol. The van der Waals surface area contributed by atoms with Crippen LogP contribution in [0, 0.1) is 3.57 Å². The fourth-order valence-electron chi connectivity index (χ4n) is 1.58. The molecule has 0 atom stereocenters. The van der Waals surface area contributed by atoms with Crippen LogP contribution in [0.15, 0.2) is 41.1 Å². The van der Waals surface area contributed by atoms with E-state index in [9.17, 15) is 9.59 Å². The topological polar surface area (TPSA) is 58.2 Å². The van der Waals surface area contributed by atoms with Gasteiger partial charge in [-0.05, 0) is 52.2 Å². The van der Waals surface area contributed by atoms with E-state index in [1.807, 2.05) is 29.6 Å². The lowest BCUT2D eigenvalue weighted by molar-refractivity contribution is -0.116. The van der Waals surface area contributed by atoms with Gasteiger partial charge in [0.25, 0.3) is 5.91 Å². The molecule has 104 valence electrons. The maximum atomic E-state index is 11.7. The predicted octanol–water partition coefficient (Wildman–Crippen LogP) is 3.11. The number of amides is 2. The smallest absolute Gasteiger partial charge is 0.252 e. The first-order chi connectivity index (χ1) is 9.65. The van der Waals surface area contributed by atoms with Crippen molar-refractivity contribution in [2.24, 2.45) is 0 Å². The Morgan fingerprint density at radius 3 is 2.80 bits per heavy atom. The van der Waals surface area contributed by atoms with E-state index in [-0.39, 0.29) is 18.2 Å². The van der Waals surface area contributed by atoms with Crippen LogP contribution in [0.3, 0.4) is 0 Å². The summed E-state index contributed by atoms with van der Waals surface area (Å²) in [6.45, 7) is 0.324. The molecule has 1 aromatic carbocycles. The van der Waals surface area contributed by atoms with Crippen LogP contribution in [-0.2, 0) is 4.79 Å². The quantitative estimate of drug-likeness (QED) is 0.758. The summed E-state index contributed by atoms with van der Waals surface area (Å²) in [5.74, 6) is -0.258. The lowest BCUT2D eigenvalue weighted by atomic mass is 10.3. The van der Waals surface area contributed by atoms with Gasteiger partial charge in [0, 0.05) is 33.2 Å². The molecule has 0 aliphatic carbocycles. The molecule has 20 heavy (non-hydrogen) atoms. The van der Waals surface area contributed by atoms with E-state index >= 15 is 0 Å². The minimum Gasteiger partial charge on any atom is -0.351 e. The van der Waals surface area contributed by atoms with Crippen molar-refractivity contribution in [1.82, 2.24) is 5.32 Å². The monoisotopic (exact) mass is 400 g/mol. The van der Waals surface area contributed by atoms with Gasteiger partial charge < -0.3 is 10.6 Å². The number of hydrogen-bond acceptors (Lipinski definition) is 3. The highest BCUT2D eigenvalue weighted by Gasteiger charge is 2.07. The van der Waals surface area contributed by atoms with Gasteiger partial charge in [-0.15, -0.1) is 0 Å². The zero-order valence-corrected chi connectivity index (χ0v) is 13.5. The summed E-state index contributed by atoms with van der Waals surface area (Å²) < 4.78 is 1.06. The normalized spacial score (nSPS) is 10.1. The van der Waals surface area contributed by atoms with Crippen molar-refractivity contribution < 1.29 is 9.59 Å². The molecule has 0 fully saturated rings. The van der Waals surface area contributed by atoms with Gasteiger partial charge in [-0.3, -0.25) is 9.59 Å². The van der Waals surface area contributed by atoms with Crippen LogP contribution in [0.5, 0.6) is 0 Å². The zero-order chi connectivity index (χ0) is 14.4. The first-order valence-corrected chi connectivity index (χ1v) is 8.03. The van der Waals surface area contributed by atoms with Crippen LogP contribution < -0.4 is 10.6 Å². The molecule has 0 saturated carbocycles. The van der Waals surface area contributed by atoms with Crippen LogP contribution in [0.1, 0.15) is 16.8 Å². The van der Waals surface area contributed by atoms with Crippen LogP contribution in [0.4, 0.5) is 5.69 Å². The maximum Gasteiger partial charge on any atom is 0.252 e. The van der Waals surface area contributed by atoms with Gasteiger partial charge in [0.1, 0.15) is 0 Å². The van der Waals surface area contributed by atoms with Crippen LogP contribution in [0.25, 0.3) is 0 Å². The number of benzene rings is 1. The van der Waals surface area contributed by atoms with Gasteiger partial charge >= 0.3 is 0 Å². The second-order valence-electron chi connectivity index (χ2n) is 4.08. The van der Waals surface area contributed by atoms with Gasteiger partial charge in [-0.1, -0.05) is 6.07 Å². The van der Waals surface area contributed by atoms with Gasteiger partial charge in [0.05, 0.1) is 0 Å². The molecule has 0 aliphatic heterocycles. The number of carbonyl (C=O) groups is 2. The molecule has 0 spiro atoms. The first-order valence-electron chi connectivity index (χ1n) is 6.01. The fraction of sp³-hybridized carbons (Fsp3) is 0.143. The Labute approximate surface area is 134 Å². The Morgan fingerprint density at radius 2 is 2.10 bits per heavy atom. The zero-order valence-electron chi connectivity index (χ0n) is 10.6. The molecule has 2 N–H and O–H groups in total. The van der Waals surface area contributed by atoms with Crippen LogP contribution >= 0.6 is 33.9 Å². The molecule has 0 saturated heterocycles. The molecule has 0 radical (unpaired) electrons. The third-order valence-electron chi connectivity index (χ3n) is 2.53. The summed E-state index contributed by atoms with van der Waals surface area (Å²) in [5, 5.41) is 9.14. The number of nitrogens with one attached hydrogen (secondary N) is 2. The van der Waals surface area contributed by atoms with Crippen molar-refractivity contribution in [3.63, 3.8) is 0 Å². The Kier molecular flexibility index (Phi) is 5.54. The summed E-state index contributed by atoms with van der Waals surface area (Å²) >= 11 is 3.66. The molecule has 2 aromatic rings. The summed E-state index contributed by atoms with van der Waals surface area (Å²) in [6, 6.07) is 9.32. The van der Waals surface area contributed by atoms with E-state index in [1.54, 1.807) is 11.4 Å². The fourth-order valence-corrected chi connectivity index (χ4v) is 2.75. The number of thiophene rings is 1. The molecule has 2 rings (SSSR count). The van der Waals surface area contributed by atoms with E-state index in [1.165, 1.54) is 11.3 Å². The second-order valence-corrected chi connectivity index (χ2v) is 6.10. The van der Waals surface area contributed by atoms with E-state index in [0.29, 0.717) is 12.1 Å². The van der Waals surface area contributed by atoms with Crippen LogP contribution in [0.2, 0.25) is 0 Å². The minimum atomic E-state index is -0.145. The van der Waals surface area contributed by atoms with Crippen molar-refractivity contribution in [3.8, 4) is 0 Å². The highest BCUT2D eigenvalue weighted by atomic mass is 127. The molecule has 0 aliphatic rings. The van der Waals surface area contributed by atoms with Gasteiger partial charge in [-0.25, -0.2) is 0 Å². The van der Waals surface area contributed by atoms with Crippen molar-refractivity contribution in [3.05, 3.63) is 50.2 Å². The lowest BCUT2D eigenvalue weighted by Crippen LogP contribution is -2.27. The minimum absolute atomic E-state index is 0.113. The Morgan fingerprint density at radius 1 is 1.25 bits per heavy atom. The average molecular weight is 400 g/mol. The third kappa shape index (κ3) is 4.61. The molecule has 0 bridgehead atoms. The predicted molar refractivity (Wildman–Crippen MR) is 89.1 cm³/mol. The number of hydrogen-bond donors (Lipinski definition) is 2. The third-order valence-corrected chi connectivity index (χ3v) is 3.88. The maximum absolute atomic E-state index is 11.7. The van der Waals surface area contributed by atoms with Gasteiger partial charge in [0.15, 0.2) is 0 Å². The summed E-state index contributed by atoms with van der Waals surface area (Å²) in [4.78, 5) is 23.4. The highest BCUT2D eigenvalue weighted by Crippen LogP contribution is 2.12. The van der Waals surface area contributed by atoms with E-state index in [0.717, 1.165) is 9.26 Å². The Balaban J connectivity index is 1.74. The van der Waals surface area contributed by atoms with E-state index < -0.39 is 0 Å². The first kappa shape index (κ1) is 15.0. The largest absolute Gasteiger partial charge is 0.351 e. The number of rotatable bonds is 5. The Hall–Kier alpha value is -1.41. The Bertz CT molecular complexity index is 599. The molecule has 4 nitrogen and oxygen atoms in total. The summed E-state index contributed by atoms with van der Waals surface area (Å²) in [5.41, 5.74) is 1.40. The van der Waals surface area contributed by atoms with Gasteiger partial charge in [-0.2, -0.15) is 11.3 Å². The SMILES string of the molecule is O=C(CCNC(=O)c1ccsc1)Nc1cccc(I)c1. The standard InChI is InChI=1S/C14H13IN2O2S/c15-11-2-1-3-12(8-11)17-13(18)4-6-16-14(19)10-5-7-20-9-10/h1-3,5,7-9H,4,6H2,(H,16,19)(H,17,18). The summed E-state index contributed by atoms with van der Waals surface area (Å²) in [6.07, 6.45) is 0.251. The molecule has 6 heteroatoms. The molecular formula is C14H13IN2O2S. The average Bonchev–Trinajstić information content (AvgIpc) is 2.92.